The molecule has 0 bridgehead atoms. The van der Waals surface area contributed by atoms with Gasteiger partial charge in [0.2, 0.25) is 0 Å². The minimum absolute atomic E-state index is 0.0367. The first-order chi connectivity index (χ1) is 9.60. The van der Waals surface area contributed by atoms with E-state index in [1.54, 1.807) is 6.20 Å². The van der Waals surface area contributed by atoms with Gasteiger partial charge in [-0.1, -0.05) is 38.1 Å². The number of aromatic nitrogens is 1. The van der Waals surface area contributed by atoms with Crippen molar-refractivity contribution in [2.75, 3.05) is 7.05 Å². The smallest absolute Gasteiger partial charge is 0.141 e. The Kier molecular flexibility index (Phi) is 4.85. The highest BCUT2D eigenvalue weighted by Gasteiger charge is 2.13. The highest BCUT2D eigenvalue weighted by molar-refractivity contribution is 5.33. The summed E-state index contributed by atoms with van der Waals surface area (Å²) in [5, 5.41) is 3.24. The van der Waals surface area contributed by atoms with Gasteiger partial charge in [0.25, 0.3) is 0 Å². The van der Waals surface area contributed by atoms with E-state index in [4.69, 9.17) is 0 Å². The number of nitrogens with zero attached hydrogens (tertiary/aromatic N) is 1. The number of pyridine rings is 1. The van der Waals surface area contributed by atoms with Crippen molar-refractivity contribution in [3.63, 3.8) is 0 Å². The van der Waals surface area contributed by atoms with Gasteiger partial charge < -0.3 is 5.32 Å². The summed E-state index contributed by atoms with van der Waals surface area (Å²) in [5.41, 5.74) is 3.29. The summed E-state index contributed by atoms with van der Waals surface area (Å²) in [5.74, 6) is 0.315. The summed E-state index contributed by atoms with van der Waals surface area (Å²) in [7, 11) is 1.88. The van der Waals surface area contributed by atoms with Crippen molar-refractivity contribution in [2.24, 2.45) is 5.92 Å². The molecule has 0 aliphatic heterocycles. The molecule has 0 amide bonds. The molecule has 1 aromatic heterocycles. The van der Waals surface area contributed by atoms with Crippen molar-refractivity contribution in [1.82, 2.24) is 10.3 Å². The van der Waals surface area contributed by atoms with Gasteiger partial charge in [-0.05, 0) is 42.1 Å². The molecule has 2 rings (SSSR count). The normalized spacial score (nSPS) is 12.7. The Balaban J connectivity index is 2.32. The lowest BCUT2D eigenvalue weighted by Crippen LogP contribution is -2.18. The van der Waals surface area contributed by atoms with E-state index >= 15 is 0 Å². The van der Waals surface area contributed by atoms with Crippen LogP contribution in [-0.4, -0.2) is 12.0 Å². The van der Waals surface area contributed by atoms with Crippen LogP contribution in [0, 0.1) is 11.7 Å². The molecule has 1 heterocycles. The first kappa shape index (κ1) is 14.7. The molecular formula is C17H21FN2. The largest absolute Gasteiger partial charge is 0.309 e. The highest BCUT2D eigenvalue weighted by atomic mass is 19.1. The van der Waals surface area contributed by atoms with E-state index in [1.807, 2.05) is 7.05 Å². The van der Waals surface area contributed by atoms with Crippen LogP contribution in [0.15, 0.2) is 42.7 Å². The third-order valence-electron chi connectivity index (χ3n) is 3.28. The maximum absolute atomic E-state index is 13.3. The lowest BCUT2D eigenvalue weighted by atomic mass is 9.95. The summed E-state index contributed by atoms with van der Waals surface area (Å²) in [6.07, 6.45) is 3.98. The number of benzene rings is 1. The predicted molar refractivity (Wildman–Crippen MR) is 80.1 cm³/mol. The van der Waals surface area contributed by atoms with Crippen LogP contribution in [0.1, 0.15) is 36.6 Å². The molecule has 0 fully saturated rings. The fourth-order valence-corrected chi connectivity index (χ4v) is 2.48. The van der Waals surface area contributed by atoms with Crippen molar-refractivity contribution >= 4 is 0 Å². The van der Waals surface area contributed by atoms with E-state index in [2.05, 4.69) is 48.4 Å². The van der Waals surface area contributed by atoms with Crippen molar-refractivity contribution in [1.29, 1.82) is 0 Å². The van der Waals surface area contributed by atoms with Crippen molar-refractivity contribution in [3.8, 4) is 0 Å². The Bertz CT molecular complexity index is 566. The molecule has 0 saturated carbocycles. The van der Waals surface area contributed by atoms with E-state index in [9.17, 15) is 4.39 Å². The second-order valence-corrected chi connectivity index (χ2v) is 5.50. The maximum Gasteiger partial charge on any atom is 0.141 e. The average Bonchev–Trinajstić information content (AvgIpc) is 2.39. The van der Waals surface area contributed by atoms with Crippen molar-refractivity contribution in [3.05, 3.63) is 65.2 Å². The summed E-state index contributed by atoms with van der Waals surface area (Å²) in [6.45, 7) is 4.41. The van der Waals surface area contributed by atoms with Crippen molar-refractivity contribution in [2.45, 2.75) is 26.3 Å². The Hall–Kier alpha value is -1.74. The molecule has 0 spiro atoms. The Labute approximate surface area is 120 Å². The van der Waals surface area contributed by atoms with E-state index in [0.717, 1.165) is 17.5 Å². The van der Waals surface area contributed by atoms with Gasteiger partial charge in [-0.15, -0.1) is 0 Å². The van der Waals surface area contributed by atoms with E-state index in [-0.39, 0.29) is 11.9 Å². The van der Waals surface area contributed by atoms with Crippen LogP contribution >= 0.6 is 0 Å². The first-order valence-corrected chi connectivity index (χ1v) is 6.96. The molecular weight excluding hydrogens is 251 g/mol. The van der Waals surface area contributed by atoms with E-state index in [0.29, 0.717) is 5.92 Å². The number of hydrogen-bond acceptors (Lipinski definition) is 2. The lowest BCUT2D eigenvalue weighted by molar-refractivity contribution is 0.608. The SMILES string of the molecule is CNC(c1cncc(F)c1)c1cccc(CC(C)C)c1. The van der Waals surface area contributed by atoms with Gasteiger partial charge in [-0.25, -0.2) is 4.39 Å². The molecule has 1 unspecified atom stereocenters. The van der Waals surface area contributed by atoms with Gasteiger partial charge >= 0.3 is 0 Å². The fraction of sp³-hybridized carbons (Fsp3) is 0.353. The second kappa shape index (κ2) is 6.62. The molecule has 106 valence electrons. The highest BCUT2D eigenvalue weighted by Crippen LogP contribution is 2.23. The lowest BCUT2D eigenvalue weighted by Gasteiger charge is -2.18. The van der Waals surface area contributed by atoms with Gasteiger partial charge in [0, 0.05) is 6.20 Å². The van der Waals surface area contributed by atoms with Crippen molar-refractivity contribution < 1.29 is 4.39 Å². The molecule has 1 atom stereocenters. The summed E-state index contributed by atoms with van der Waals surface area (Å²) in [6, 6.07) is 9.94. The number of rotatable bonds is 5. The van der Waals surface area contributed by atoms with E-state index < -0.39 is 0 Å². The third-order valence-corrected chi connectivity index (χ3v) is 3.28. The monoisotopic (exact) mass is 272 g/mol. The second-order valence-electron chi connectivity index (χ2n) is 5.50. The van der Waals surface area contributed by atoms with Crippen LogP contribution in [0.25, 0.3) is 0 Å². The molecule has 0 saturated heterocycles. The first-order valence-electron chi connectivity index (χ1n) is 6.96. The summed E-state index contributed by atoms with van der Waals surface area (Å²) in [4.78, 5) is 3.93. The Morgan fingerprint density at radius 1 is 1.15 bits per heavy atom. The zero-order valence-corrected chi connectivity index (χ0v) is 12.2. The zero-order chi connectivity index (χ0) is 14.5. The molecule has 2 aromatic rings. The van der Waals surface area contributed by atoms with Crippen LogP contribution in [0.5, 0.6) is 0 Å². The summed E-state index contributed by atoms with van der Waals surface area (Å²) >= 11 is 0. The minimum atomic E-state index is -0.305. The van der Waals surface area contributed by atoms with Gasteiger partial charge in [0.05, 0.1) is 12.2 Å². The molecule has 1 aromatic carbocycles. The van der Waals surface area contributed by atoms with Crippen LogP contribution in [-0.2, 0) is 6.42 Å². The van der Waals surface area contributed by atoms with Crippen LogP contribution < -0.4 is 5.32 Å². The predicted octanol–water partition coefficient (Wildman–Crippen LogP) is 3.73. The number of nitrogens with one attached hydrogen (secondary N) is 1. The maximum atomic E-state index is 13.3. The van der Waals surface area contributed by atoms with Crippen LogP contribution in [0.4, 0.5) is 4.39 Å². The van der Waals surface area contributed by atoms with Gasteiger partial charge in [0.1, 0.15) is 5.82 Å². The molecule has 0 aliphatic carbocycles. The number of halogens is 1. The molecule has 3 heteroatoms. The molecule has 1 N–H and O–H groups in total. The standard InChI is InChI=1S/C17H21FN2/c1-12(2)7-13-5-4-6-14(8-13)17(19-3)15-9-16(18)11-20-10-15/h4-6,8-12,17,19H,7H2,1-3H3. The average molecular weight is 272 g/mol. The Morgan fingerprint density at radius 2 is 1.95 bits per heavy atom. The van der Waals surface area contributed by atoms with Crippen LogP contribution in [0.2, 0.25) is 0 Å². The third kappa shape index (κ3) is 3.64. The quantitative estimate of drug-likeness (QED) is 0.897. The van der Waals surface area contributed by atoms with Crippen LogP contribution in [0.3, 0.4) is 0 Å². The number of hydrogen-bond donors (Lipinski definition) is 1. The molecule has 2 nitrogen and oxygen atoms in total. The topological polar surface area (TPSA) is 24.9 Å². The van der Waals surface area contributed by atoms with E-state index in [1.165, 1.54) is 17.8 Å². The zero-order valence-electron chi connectivity index (χ0n) is 12.2. The van der Waals surface area contributed by atoms with Gasteiger partial charge in [-0.2, -0.15) is 0 Å². The minimum Gasteiger partial charge on any atom is -0.309 e. The van der Waals surface area contributed by atoms with Gasteiger partial charge in [-0.3, -0.25) is 4.98 Å². The summed E-state index contributed by atoms with van der Waals surface area (Å²) < 4.78 is 13.3. The molecule has 20 heavy (non-hydrogen) atoms. The molecule has 0 aliphatic rings. The Morgan fingerprint density at radius 3 is 2.60 bits per heavy atom. The van der Waals surface area contributed by atoms with Gasteiger partial charge in [0.15, 0.2) is 0 Å². The fourth-order valence-electron chi connectivity index (χ4n) is 2.48. The molecule has 0 radical (unpaired) electrons.